The van der Waals surface area contributed by atoms with Crippen molar-refractivity contribution in [3.8, 4) is 0 Å². The summed E-state index contributed by atoms with van der Waals surface area (Å²) in [6, 6.07) is 0.820. The number of aromatic amines is 1. The molecule has 0 spiro atoms. The van der Waals surface area contributed by atoms with Gasteiger partial charge in [0.1, 0.15) is 11.6 Å². The number of rotatable bonds is 2. The maximum atomic E-state index is 12.6. The van der Waals surface area contributed by atoms with Crippen LogP contribution in [0.4, 0.5) is 0 Å². The molecule has 2 atom stereocenters. The van der Waals surface area contributed by atoms with Crippen molar-refractivity contribution in [2.24, 2.45) is 0 Å². The van der Waals surface area contributed by atoms with Gasteiger partial charge < -0.3 is 15.0 Å². The van der Waals surface area contributed by atoms with Crippen molar-refractivity contribution in [3.05, 3.63) is 33.2 Å². The van der Waals surface area contributed by atoms with Crippen LogP contribution < -0.4 is 5.56 Å². The van der Waals surface area contributed by atoms with E-state index in [1.807, 2.05) is 0 Å². The highest BCUT2D eigenvalue weighted by atomic mass is 32.2. The second-order valence-electron chi connectivity index (χ2n) is 4.84. The summed E-state index contributed by atoms with van der Waals surface area (Å²) in [7, 11) is 0. The third kappa shape index (κ3) is 2.45. The molecule has 108 valence electrons. The minimum atomic E-state index is -1.05. The van der Waals surface area contributed by atoms with E-state index < -0.39 is 23.5 Å². The molecule has 2 heterocycles. The van der Waals surface area contributed by atoms with Gasteiger partial charge in [-0.05, 0) is 32.4 Å². The fourth-order valence-corrected chi connectivity index (χ4v) is 3.56. The molecule has 1 amide bonds. The topological polar surface area (TPSA) is 90.5 Å². The van der Waals surface area contributed by atoms with Gasteiger partial charge in [0, 0.05) is 11.4 Å². The Balaban J connectivity index is 2.46. The van der Waals surface area contributed by atoms with E-state index >= 15 is 0 Å². The smallest absolute Gasteiger partial charge is 0.327 e. The third-order valence-electron chi connectivity index (χ3n) is 3.32. The van der Waals surface area contributed by atoms with Crippen molar-refractivity contribution < 1.29 is 14.7 Å². The number of carbonyl (C=O) groups excluding carboxylic acids is 1. The summed E-state index contributed by atoms with van der Waals surface area (Å²) in [4.78, 5) is 39.6. The van der Waals surface area contributed by atoms with Crippen molar-refractivity contribution >= 4 is 23.6 Å². The number of carboxylic acids is 1. The molecular formula is C13H16N2O4S. The van der Waals surface area contributed by atoms with Gasteiger partial charge in [-0.25, -0.2) is 4.79 Å². The minimum Gasteiger partial charge on any atom is -0.480 e. The predicted octanol–water partition coefficient (Wildman–Crippen LogP) is 0.980. The first-order valence-corrected chi connectivity index (χ1v) is 7.25. The van der Waals surface area contributed by atoms with Crippen LogP contribution in [0.5, 0.6) is 0 Å². The largest absolute Gasteiger partial charge is 0.480 e. The fraction of sp³-hybridized carbons (Fsp3) is 0.462. The summed E-state index contributed by atoms with van der Waals surface area (Å²) in [6.45, 7) is 5.18. The Morgan fingerprint density at radius 1 is 1.45 bits per heavy atom. The number of nitrogens with one attached hydrogen (secondary N) is 1. The van der Waals surface area contributed by atoms with Crippen LogP contribution in [0.15, 0.2) is 10.9 Å². The van der Waals surface area contributed by atoms with E-state index in [0.29, 0.717) is 17.0 Å². The Bertz CT molecular complexity index is 625. The molecule has 0 saturated carbocycles. The second-order valence-corrected chi connectivity index (χ2v) is 6.19. The predicted molar refractivity (Wildman–Crippen MR) is 76.1 cm³/mol. The number of aliphatic carboxylic acids is 1. The number of hydrogen-bond acceptors (Lipinski definition) is 4. The number of nitrogens with zero attached hydrogens (tertiary/aromatic N) is 1. The van der Waals surface area contributed by atoms with Crippen LogP contribution in [0.2, 0.25) is 0 Å². The van der Waals surface area contributed by atoms with Gasteiger partial charge in [0.15, 0.2) is 0 Å². The van der Waals surface area contributed by atoms with Crippen LogP contribution >= 0.6 is 11.8 Å². The van der Waals surface area contributed by atoms with Gasteiger partial charge >= 0.3 is 5.97 Å². The first-order valence-electron chi connectivity index (χ1n) is 6.20. The van der Waals surface area contributed by atoms with Crippen molar-refractivity contribution in [3.63, 3.8) is 0 Å². The van der Waals surface area contributed by atoms with Gasteiger partial charge in [-0.1, -0.05) is 0 Å². The van der Waals surface area contributed by atoms with Gasteiger partial charge in [-0.15, -0.1) is 11.8 Å². The summed E-state index contributed by atoms with van der Waals surface area (Å²) in [5, 5.41) is 8.93. The van der Waals surface area contributed by atoms with Crippen LogP contribution in [0, 0.1) is 13.8 Å². The van der Waals surface area contributed by atoms with E-state index in [2.05, 4.69) is 4.98 Å². The van der Waals surface area contributed by atoms with E-state index in [1.54, 1.807) is 26.8 Å². The third-order valence-corrected chi connectivity index (χ3v) is 4.54. The molecule has 2 rings (SSSR count). The molecule has 0 aliphatic carbocycles. The Hall–Kier alpha value is -1.76. The molecule has 1 fully saturated rings. The van der Waals surface area contributed by atoms with Gasteiger partial charge in [0.2, 0.25) is 0 Å². The van der Waals surface area contributed by atoms with Crippen molar-refractivity contribution in [1.82, 2.24) is 9.88 Å². The molecule has 0 radical (unpaired) electrons. The van der Waals surface area contributed by atoms with Crippen LogP contribution in [-0.4, -0.2) is 44.0 Å². The number of carboxylic acid groups (broad SMARTS) is 1. The average Bonchev–Trinajstić information content (AvgIpc) is 2.69. The van der Waals surface area contributed by atoms with Crippen LogP contribution in [-0.2, 0) is 4.79 Å². The van der Waals surface area contributed by atoms with E-state index in [4.69, 9.17) is 0 Å². The zero-order chi connectivity index (χ0) is 15.0. The van der Waals surface area contributed by atoms with Gasteiger partial charge in [0.25, 0.3) is 11.5 Å². The summed E-state index contributed by atoms with van der Waals surface area (Å²) in [5.41, 5.74) is 0.782. The fourth-order valence-electron chi connectivity index (χ4n) is 2.39. The molecule has 6 nitrogen and oxygen atoms in total. The van der Waals surface area contributed by atoms with Crippen molar-refractivity contribution in [1.29, 1.82) is 0 Å². The Morgan fingerprint density at radius 2 is 2.10 bits per heavy atom. The number of amides is 1. The molecule has 1 aliphatic rings. The lowest BCUT2D eigenvalue weighted by Gasteiger charge is -2.25. The van der Waals surface area contributed by atoms with E-state index in [0.717, 1.165) is 0 Å². The van der Waals surface area contributed by atoms with E-state index in [-0.39, 0.29) is 10.9 Å². The van der Waals surface area contributed by atoms with E-state index in [9.17, 15) is 19.5 Å². The zero-order valence-corrected chi connectivity index (χ0v) is 12.3. The average molecular weight is 296 g/mol. The van der Waals surface area contributed by atoms with Crippen LogP contribution in [0.25, 0.3) is 0 Å². The number of carbonyl (C=O) groups is 2. The molecule has 0 bridgehead atoms. The molecule has 20 heavy (non-hydrogen) atoms. The Kier molecular flexibility index (Phi) is 3.89. The number of H-pyrrole nitrogens is 1. The maximum absolute atomic E-state index is 12.6. The summed E-state index contributed by atoms with van der Waals surface area (Å²) >= 11 is 1.39. The number of pyridine rings is 1. The minimum absolute atomic E-state index is 0.0243. The lowest BCUT2D eigenvalue weighted by molar-refractivity contribution is -0.141. The molecule has 1 aromatic rings. The van der Waals surface area contributed by atoms with Crippen LogP contribution in [0.1, 0.15) is 28.5 Å². The number of hydrogen-bond donors (Lipinski definition) is 2. The number of thioether (sulfide) groups is 1. The highest BCUT2D eigenvalue weighted by molar-refractivity contribution is 8.00. The van der Waals surface area contributed by atoms with E-state index in [1.165, 1.54) is 16.7 Å². The molecule has 1 saturated heterocycles. The Labute approximate surface area is 120 Å². The first kappa shape index (κ1) is 14.6. The molecular weight excluding hydrogens is 280 g/mol. The maximum Gasteiger partial charge on any atom is 0.327 e. The van der Waals surface area contributed by atoms with Crippen molar-refractivity contribution in [2.75, 3.05) is 5.75 Å². The highest BCUT2D eigenvalue weighted by Gasteiger charge is 2.40. The first-order chi connectivity index (χ1) is 9.32. The SMILES string of the molecule is Cc1cc(C)c(C(=O)N2C(C)SCC2C(=O)O)c(=O)[nH]1. The van der Waals surface area contributed by atoms with Gasteiger partial charge in [-0.3, -0.25) is 9.59 Å². The number of aryl methyl sites for hydroxylation is 2. The number of aromatic nitrogens is 1. The highest BCUT2D eigenvalue weighted by Crippen LogP contribution is 2.30. The summed E-state index contributed by atoms with van der Waals surface area (Å²) in [6.07, 6.45) is 0. The molecule has 2 unspecified atom stereocenters. The molecule has 7 heteroatoms. The molecule has 0 aromatic carbocycles. The Morgan fingerprint density at radius 3 is 2.65 bits per heavy atom. The quantitative estimate of drug-likeness (QED) is 0.849. The van der Waals surface area contributed by atoms with Gasteiger partial charge in [0.05, 0.1) is 5.37 Å². The zero-order valence-electron chi connectivity index (χ0n) is 11.5. The summed E-state index contributed by atoms with van der Waals surface area (Å²) in [5.74, 6) is -1.23. The lowest BCUT2D eigenvalue weighted by atomic mass is 10.1. The molecule has 1 aromatic heterocycles. The normalized spacial score (nSPS) is 22.1. The molecule has 1 aliphatic heterocycles. The van der Waals surface area contributed by atoms with Crippen molar-refractivity contribution in [2.45, 2.75) is 32.2 Å². The van der Waals surface area contributed by atoms with Crippen LogP contribution in [0.3, 0.4) is 0 Å². The summed E-state index contributed by atoms with van der Waals surface area (Å²) < 4.78 is 0. The second kappa shape index (κ2) is 5.32. The lowest BCUT2D eigenvalue weighted by Crippen LogP contribution is -2.46. The van der Waals surface area contributed by atoms with Gasteiger partial charge in [-0.2, -0.15) is 0 Å². The monoisotopic (exact) mass is 296 g/mol. The standard InChI is InChI=1S/C13H16N2O4S/c1-6-4-7(2)14-11(16)10(6)12(17)15-8(3)20-5-9(15)13(18)19/h4,8-9H,5H2,1-3H3,(H,14,16)(H,18,19). The molecule has 2 N–H and O–H groups in total.